The summed E-state index contributed by atoms with van der Waals surface area (Å²) < 4.78 is 21.2. The van der Waals surface area contributed by atoms with Crippen molar-refractivity contribution in [2.45, 2.75) is 26.2 Å². The number of likely N-dealkylation sites (tertiary alicyclic amines) is 1. The number of piperidine rings is 1. The third kappa shape index (κ3) is 3.81. The second-order valence-corrected chi connectivity index (χ2v) is 6.86. The van der Waals surface area contributed by atoms with Crippen molar-refractivity contribution in [3.8, 4) is 22.8 Å². The molecule has 0 bridgehead atoms. The Bertz CT molecular complexity index is 877. The highest BCUT2D eigenvalue weighted by atomic mass is 16.7. The highest BCUT2D eigenvalue weighted by Crippen LogP contribution is 2.36. The van der Waals surface area contributed by atoms with E-state index in [9.17, 15) is 9.59 Å². The fourth-order valence-corrected chi connectivity index (χ4v) is 3.50. The predicted octanol–water partition coefficient (Wildman–Crippen LogP) is 2.41. The average Bonchev–Trinajstić information content (AvgIpc) is 3.37. The maximum atomic E-state index is 12.6. The first kappa shape index (κ1) is 18.3. The zero-order valence-electron chi connectivity index (χ0n) is 15.7. The third-order valence-electron chi connectivity index (χ3n) is 4.94. The molecule has 8 heteroatoms. The SMILES string of the molecule is CCOC(=O)C1CCCN(C(=O)Cc2cc(-c3ccc4c(c3)OCO4)on2)C1. The Morgan fingerprint density at radius 2 is 2.11 bits per heavy atom. The Labute approximate surface area is 162 Å². The van der Waals surface area contributed by atoms with E-state index in [0.29, 0.717) is 42.6 Å². The minimum atomic E-state index is -0.251. The summed E-state index contributed by atoms with van der Waals surface area (Å²) in [6, 6.07) is 7.24. The lowest BCUT2D eigenvalue weighted by Crippen LogP contribution is -2.43. The second kappa shape index (κ2) is 7.92. The minimum Gasteiger partial charge on any atom is -0.466 e. The van der Waals surface area contributed by atoms with Crippen molar-refractivity contribution >= 4 is 11.9 Å². The third-order valence-corrected chi connectivity index (χ3v) is 4.94. The van der Waals surface area contributed by atoms with Gasteiger partial charge >= 0.3 is 5.97 Å². The molecule has 0 spiro atoms. The Hall–Kier alpha value is -3.03. The number of rotatable bonds is 5. The monoisotopic (exact) mass is 386 g/mol. The van der Waals surface area contributed by atoms with Crippen molar-refractivity contribution in [1.82, 2.24) is 10.1 Å². The topological polar surface area (TPSA) is 91.1 Å². The highest BCUT2D eigenvalue weighted by molar-refractivity contribution is 5.80. The van der Waals surface area contributed by atoms with Gasteiger partial charge in [-0.1, -0.05) is 5.16 Å². The fraction of sp³-hybridized carbons (Fsp3) is 0.450. The molecule has 0 saturated carbocycles. The lowest BCUT2D eigenvalue weighted by molar-refractivity contribution is -0.151. The Morgan fingerprint density at radius 3 is 2.96 bits per heavy atom. The molecule has 1 amide bonds. The van der Waals surface area contributed by atoms with Gasteiger partial charge in [0.05, 0.1) is 24.6 Å². The molecular formula is C20H22N2O6. The van der Waals surface area contributed by atoms with Gasteiger partial charge in [-0.15, -0.1) is 0 Å². The van der Waals surface area contributed by atoms with Crippen LogP contribution in [0, 0.1) is 5.92 Å². The maximum Gasteiger partial charge on any atom is 0.310 e. The quantitative estimate of drug-likeness (QED) is 0.729. The van der Waals surface area contributed by atoms with Crippen LogP contribution in [0.25, 0.3) is 11.3 Å². The summed E-state index contributed by atoms with van der Waals surface area (Å²) in [6.45, 7) is 3.38. The van der Waals surface area contributed by atoms with E-state index < -0.39 is 0 Å². The van der Waals surface area contributed by atoms with Gasteiger partial charge < -0.3 is 23.6 Å². The van der Waals surface area contributed by atoms with Crippen LogP contribution in [0.3, 0.4) is 0 Å². The number of hydrogen-bond donors (Lipinski definition) is 0. The molecular weight excluding hydrogens is 364 g/mol. The van der Waals surface area contributed by atoms with Gasteiger partial charge in [0.2, 0.25) is 12.7 Å². The van der Waals surface area contributed by atoms with Crippen LogP contribution < -0.4 is 9.47 Å². The first-order valence-electron chi connectivity index (χ1n) is 9.44. The standard InChI is InChI=1S/C20H22N2O6/c1-2-25-20(24)14-4-3-7-22(11-14)19(23)10-15-9-17(28-21-15)13-5-6-16-18(8-13)27-12-26-16/h5-6,8-9,14H,2-4,7,10-12H2,1H3. The molecule has 0 N–H and O–H groups in total. The molecule has 1 saturated heterocycles. The summed E-state index contributed by atoms with van der Waals surface area (Å²) in [6.07, 6.45) is 1.67. The van der Waals surface area contributed by atoms with Crippen LogP contribution in [0.4, 0.5) is 0 Å². The Morgan fingerprint density at radius 1 is 1.25 bits per heavy atom. The van der Waals surface area contributed by atoms with Gasteiger partial charge in [0.1, 0.15) is 0 Å². The average molecular weight is 386 g/mol. The number of benzene rings is 1. The van der Waals surface area contributed by atoms with Crippen molar-refractivity contribution < 1.29 is 28.3 Å². The van der Waals surface area contributed by atoms with Crippen molar-refractivity contribution in [3.05, 3.63) is 30.0 Å². The number of esters is 1. The number of ether oxygens (including phenoxy) is 3. The Kier molecular flexibility index (Phi) is 5.18. The summed E-state index contributed by atoms with van der Waals surface area (Å²) in [7, 11) is 0. The van der Waals surface area contributed by atoms with E-state index in [1.165, 1.54) is 0 Å². The maximum absolute atomic E-state index is 12.6. The van der Waals surface area contributed by atoms with E-state index in [4.69, 9.17) is 18.7 Å². The van der Waals surface area contributed by atoms with Crippen LogP contribution in [0.5, 0.6) is 11.5 Å². The van der Waals surface area contributed by atoms with Crippen molar-refractivity contribution in [2.24, 2.45) is 5.92 Å². The molecule has 2 aliphatic heterocycles. The second-order valence-electron chi connectivity index (χ2n) is 6.86. The fourth-order valence-electron chi connectivity index (χ4n) is 3.50. The van der Waals surface area contributed by atoms with Crippen molar-refractivity contribution in [3.63, 3.8) is 0 Å². The summed E-state index contributed by atoms with van der Waals surface area (Å²) in [5, 5.41) is 4.02. The summed E-state index contributed by atoms with van der Waals surface area (Å²) in [5.74, 6) is 1.36. The number of carbonyl (C=O) groups is 2. The summed E-state index contributed by atoms with van der Waals surface area (Å²) in [4.78, 5) is 26.3. The Balaban J connectivity index is 1.39. The van der Waals surface area contributed by atoms with Gasteiger partial charge in [-0.2, -0.15) is 0 Å². The summed E-state index contributed by atoms with van der Waals surface area (Å²) in [5.41, 5.74) is 1.35. The van der Waals surface area contributed by atoms with Gasteiger partial charge in [-0.3, -0.25) is 9.59 Å². The van der Waals surface area contributed by atoms with Crippen molar-refractivity contribution in [1.29, 1.82) is 0 Å². The molecule has 28 heavy (non-hydrogen) atoms. The van der Waals surface area contributed by atoms with Crippen LogP contribution in [-0.4, -0.2) is 48.4 Å². The molecule has 2 aromatic rings. The predicted molar refractivity (Wildman–Crippen MR) is 97.7 cm³/mol. The van der Waals surface area contributed by atoms with Gasteiger partial charge in [-0.25, -0.2) is 0 Å². The van der Waals surface area contributed by atoms with E-state index >= 15 is 0 Å². The number of hydrogen-bond acceptors (Lipinski definition) is 7. The molecule has 1 atom stereocenters. The zero-order chi connectivity index (χ0) is 19.5. The van der Waals surface area contributed by atoms with Crippen LogP contribution >= 0.6 is 0 Å². The lowest BCUT2D eigenvalue weighted by Gasteiger charge is -2.31. The molecule has 2 aliphatic rings. The number of fused-ring (bicyclic) bond motifs is 1. The van der Waals surface area contributed by atoms with Crippen LogP contribution in [-0.2, 0) is 20.7 Å². The molecule has 0 radical (unpaired) electrons. The van der Waals surface area contributed by atoms with Crippen LogP contribution in [0.15, 0.2) is 28.8 Å². The largest absolute Gasteiger partial charge is 0.466 e. The molecule has 8 nitrogen and oxygen atoms in total. The molecule has 148 valence electrons. The van der Waals surface area contributed by atoms with Gasteiger partial charge in [0.15, 0.2) is 17.3 Å². The van der Waals surface area contributed by atoms with Gasteiger partial charge in [-0.05, 0) is 38.0 Å². The molecule has 0 aliphatic carbocycles. The highest BCUT2D eigenvalue weighted by Gasteiger charge is 2.29. The molecule has 3 heterocycles. The zero-order valence-corrected chi connectivity index (χ0v) is 15.7. The molecule has 1 aromatic carbocycles. The lowest BCUT2D eigenvalue weighted by atomic mass is 9.98. The number of nitrogens with zero attached hydrogens (tertiary/aromatic N) is 2. The molecule has 1 fully saturated rings. The first-order valence-corrected chi connectivity index (χ1v) is 9.44. The minimum absolute atomic E-state index is 0.0699. The normalized spacial score (nSPS) is 18.2. The number of amides is 1. The molecule has 1 aromatic heterocycles. The first-order chi connectivity index (χ1) is 13.6. The van der Waals surface area contributed by atoms with Crippen LogP contribution in [0.1, 0.15) is 25.5 Å². The smallest absolute Gasteiger partial charge is 0.310 e. The van der Waals surface area contributed by atoms with E-state index in [1.54, 1.807) is 17.9 Å². The van der Waals surface area contributed by atoms with Gasteiger partial charge in [0.25, 0.3) is 0 Å². The van der Waals surface area contributed by atoms with Gasteiger partial charge in [0, 0.05) is 24.7 Å². The van der Waals surface area contributed by atoms with E-state index in [2.05, 4.69) is 5.16 Å². The summed E-state index contributed by atoms with van der Waals surface area (Å²) >= 11 is 0. The van der Waals surface area contributed by atoms with Crippen molar-refractivity contribution in [2.75, 3.05) is 26.5 Å². The molecule has 4 rings (SSSR count). The molecule has 1 unspecified atom stereocenters. The van der Waals surface area contributed by atoms with E-state index in [1.807, 2.05) is 18.2 Å². The number of aromatic nitrogens is 1. The van der Waals surface area contributed by atoms with Crippen LogP contribution in [0.2, 0.25) is 0 Å². The van der Waals surface area contributed by atoms with E-state index in [0.717, 1.165) is 18.4 Å². The number of carbonyl (C=O) groups excluding carboxylic acids is 2. The van der Waals surface area contributed by atoms with E-state index in [-0.39, 0.29) is 31.0 Å².